The Morgan fingerprint density at radius 3 is 1.91 bits per heavy atom. The maximum Gasteiger partial charge on any atom is 0.339 e. The van der Waals surface area contributed by atoms with Crippen molar-refractivity contribution in [1.29, 1.82) is 0 Å². The highest BCUT2D eigenvalue weighted by Crippen LogP contribution is 2.32. The Morgan fingerprint density at radius 1 is 0.844 bits per heavy atom. The lowest BCUT2D eigenvalue weighted by Gasteiger charge is -2.43. The first-order valence-electron chi connectivity index (χ1n) is 9.29. The second-order valence-corrected chi connectivity index (χ2v) is 6.59. The Bertz CT molecular complexity index is 894. The van der Waals surface area contributed by atoms with E-state index in [1.54, 1.807) is 0 Å². The number of esters is 4. The summed E-state index contributed by atoms with van der Waals surface area (Å²) in [7, 11) is 1.05. The molecule has 1 saturated heterocycles. The van der Waals surface area contributed by atoms with E-state index < -0.39 is 60.6 Å². The van der Waals surface area contributed by atoms with Crippen LogP contribution in [0.4, 0.5) is 0 Å². The van der Waals surface area contributed by atoms with E-state index in [1.807, 2.05) is 0 Å². The van der Waals surface area contributed by atoms with Crippen molar-refractivity contribution in [1.82, 2.24) is 0 Å². The van der Waals surface area contributed by atoms with E-state index in [0.717, 1.165) is 27.9 Å². The SMILES string of the molecule is COC(=O)[C@@H]1O[C@H](Oc2ccccc2C(=O)O)[C@@H](OC(C)=O)[C@H](OC(C)=O)[C@H]1OC(C)=O. The zero-order valence-electron chi connectivity index (χ0n) is 17.6. The van der Waals surface area contributed by atoms with Crippen molar-refractivity contribution in [3.63, 3.8) is 0 Å². The van der Waals surface area contributed by atoms with Crippen LogP contribution in [-0.4, -0.2) is 72.8 Å². The number of carbonyl (C=O) groups is 5. The topological polar surface area (TPSA) is 161 Å². The highest BCUT2D eigenvalue weighted by atomic mass is 16.7. The molecule has 1 aliphatic heterocycles. The second kappa shape index (κ2) is 10.6. The molecule has 174 valence electrons. The maximum absolute atomic E-state index is 12.4. The van der Waals surface area contributed by atoms with Crippen LogP contribution in [0.2, 0.25) is 0 Å². The van der Waals surface area contributed by atoms with E-state index in [9.17, 15) is 29.1 Å². The van der Waals surface area contributed by atoms with E-state index in [2.05, 4.69) is 4.74 Å². The predicted molar refractivity (Wildman–Crippen MR) is 101 cm³/mol. The number of aromatic carboxylic acids is 1. The average Bonchev–Trinajstić information content (AvgIpc) is 2.70. The first-order chi connectivity index (χ1) is 15.0. The summed E-state index contributed by atoms with van der Waals surface area (Å²) < 4.78 is 31.4. The minimum atomic E-state index is -1.65. The molecule has 0 radical (unpaired) electrons. The molecule has 0 aromatic heterocycles. The van der Waals surface area contributed by atoms with Gasteiger partial charge in [-0.1, -0.05) is 12.1 Å². The van der Waals surface area contributed by atoms with E-state index in [0.29, 0.717) is 0 Å². The second-order valence-electron chi connectivity index (χ2n) is 6.59. The van der Waals surface area contributed by atoms with E-state index >= 15 is 0 Å². The van der Waals surface area contributed by atoms with Gasteiger partial charge in [-0.2, -0.15) is 0 Å². The van der Waals surface area contributed by atoms with Crippen molar-refractivity contribution < 1.29 is 57.5 Å². The van der Waals surface area contributed by atoms with Crippen LogP contribution in [-0.2, 0) is 42.9 Å². The van der Waals surface area contributed by atoms with E-state index in [-0.39, 0.29) is 11.3 Å². The molecule has 12 nitrogen and oxygen atoms in total. The zero-order chi connectivity index (χ0) is 24.0. The molecule has 0 bridgehead atoms. The van der Waals surface area contributed by atoms with Gasteiger partial charge in [-0.15, -0.1) is 0 Å². The standard InChI is InChI=1S/C20H22O12/c1-9(21)28-14-15(29-10(2)22)17(30-11(3)23)20(32-16(14)19(26)27-4)31-13-8-6-5-7-12(13)18(24)25/h5-8,14-17,20H,1-4H3,(H,24,25)/t14-,15-,16-,17+,20+/m1/s1. The molecule has 32 heavy (non-hydrogen) atoms. The highest BCUT2D eigenvalue weighted by Gasteiger charge is 2.56. The van der Waals surface area contributed by atoms with Gasteiger partial charge in [0, 0.05) is 20.8 Å². The third-order valence-corrected chi connectivity index (χ3v) is 4.20. The third kappa shape index (κ3) is 5.94. The molecule has 1 aliphatic rings. The number of rotatable bonds is 7. The van der Waals surface area contributed by atoms with Crippen LogP contribution in [0.1, 0.15) is 31.1 Å². The summed E-state index contributed by atoms with van der Waals surface area (Å²) in [6.07, 6.45) is -7.92. The molecule has 1 fully saturated rings. The van der Waals surface area contributed by atoms with Crippen LogP contribution in [0.25, 0.3) is 0 Å². The molecule has 0 aliphatic carbocycles. The van der Waals surface area contributed by atoms with Gasteiger partial charge in [-0.25, -0.2) is 9.59 Å². The quantitative estimate of drug-likeness (QED) is 0.448. The van der Waals surface area contributed by atoms with E-state index in [1.165, 1.54) is 24.3 Å². The van der Waals surface area contributed by atoms with Gasteiger partial charge in [0.1, 0.15) is 11.3 Å². The monoisotopic (exact) mass is 454 g/mol. The van der Waals surface area contributed by atoms with Crippen molar-refractivity contribution in [2.24, 2.45) is 0 Å². The van der Waals surface area contributed by atoms with Crippen molar-refractivity contribution in [2.45, 2.75) is 51.5 Å². The molecule has 12 heteroatoms. The largest absolute Gasteiger partial charge is 0.478 e. The molecule has 0 saturated carbocycles. The summed E-state index contributed by atoms with van der Waals surface area (Å²) in [5.41, 5.74) is -0.251. The van der Waals surface area contributed by atoms with Gasteiger partial charge in [0.05, 0.1) is 7.11 Å². The number of benzene rings is 1. The molecule has 1 aromatic carbocycles. The van der Waals surface area contributed by atoms with Crippen LogP contribution < -0.4 is 4.74 Å². The summed E-state index contributed by atoms with van der Waals surface area (Å²) in [5.74, 6) is -5.04. The number of hydrogen-bond donors (Lipinski definition) is 1. The molecule has 0 spiro atoms. The predicted octanol–water partition coefficient (Wildman–Crippen LogP) is 0.457. The van der Waals surface area contributed by atoms with Crippen molar-refractivity contribution >= 4 is 29.8 Å². The first-order valence-corrected chi connectivity index (χ1v) is 9.29. The van der Waals surface area contributed by atoms with Crippen LogP contribution >= 0.6 is 0 Å². The molecule has 0 unspecified atom stereocenters. The number of carboxylic acid groups (broad SMARTS) is 1. The minimum absolute atomic E-state index is 0.182. The fraction of sp³-hybridized carbons (Fsp3) is 0.450. The smallest absolute Gasteiger partial charge is 0.339 e. The number of para-hydroxylation sites is 1. The van der Waals surface area contributed by atoms with Gasteiger partial charge in [0.15, 0.2) is 18.3 Å². The lowest BCUT2D eigenvalue weighted by atomic mass is 9.97. The Morgan fingerprint density at radius 2 is 1.38 bits per heavy atom. The summed E-state index contributed by atoms with van der Waals surface area (Å²) in [6.45, 7) is 3.15. The molecule has 5 atom stereocenters. The molecule has 0 amide bonds. The molecule has 2 rings (SSSR count). The van der Waals surface area contributed by atoms with Crippen LogP contribution in [0.5, 0.6) is 5.75 Å². The van der Waals surface area contributed by atoms with E-state index in [4.69, 9.17) is 23.7 Å². The maximum atomic E-state index is 12.4. The van der Waals surface area contributed by atoms with Gasteiger partial charge < -0.3 is 33.5 Å². The zero-order valence-corrected chi connectivity index (χ0v) is 17.6. The Hall–Kier alpha value is -3.67. The molecular weight excluding hydrogens is 432 g/mol. The normalized spacial score (nSPS) is 24.6. The summed E-state index contributed by atoms with van der Waals surface area (Å²) in [6, 6.07) is 5.50. The van der Waals surface area contributed by atoms with Gasteiger partial charge in [0.25, 0.3) is 0 Å². The van der Waals surface area contributed by atoms with Crippen molar-refractivity contribution in [3.05, 3.63) is 29.8 Å². The van der Waals surface area contributed by atoms with Gasteiger partial charge in [0.2, 0.25) is 12.4 Å². The van der Waals surface area contributed by atoms with Gasteiger partial charge in [-0.05, 0) is 12.1 Å². The average molecular weight is 454 g/mol. The highest BCUT2D eigenvalue weighted by molar-refractivity contribution is 5.90. The molecular formula is C20H22O12. The number of carboxylic acids is 1. The number of methoxy groups -OCH3 is 1. The Labute approximate surface area is 182 Å². The van der Waals surface area contributed by atoms with Gasteiger partial charge >= 0.3 is 29.8 Å². The summed E-state index contributed by atoms with van der Waals surface area (Å²) >= 11 is 0. The lowest BCUT2D eigenvalue weighted by Crippen LogP contribution is -2.64. The number of ether oxygens (including phenoxy) is 6. The number of hydrogen-bond acceptors (Lipinski definition) is 11. The van der Waals surface area contributed by atoms with Crippen LogP contribution in [0, 0.1) is 0 Å². The van der Waals surface area contributed by atoms with Gasteiger partial charge in [-0.3, -0.25) is 14.4 Å². The first kappa shape index (κ1) is 24.6. The number of carbonyl (C=O) groups excluding carboxylic acids is 4. The lowest BCUT2D eigenvalue weighted by molar-refractivity contribution is -0.282. The molecule has 1 N–H and O–H groups in total. The fourth-order valence-electron chi connectivity index (χ4n) is 3.05. The fourth-order valence-corrected chi connectivity index (χ4v) is 3.05. The Balaban J connectivity index is 2.56. The summed E-state index contributed by atoms with van der Waals surface area (Å²) in [5, 5.41) is 9.39. The van der Waals surface area contributed by atoms with Crippen LogP contribution in [0.15, 0.2) is 24.3 Å². The van der Waals surface area contributed by atoms with Crippen molar-refractivity contribution in [2.75, 3.05) is 7.11 Å². The Kier molecular flexibility index (Phi) is 8.13. The minimum Gasteiger partial charge on any atom is -0.478 e. The van der Waals surface area contributed by atoms with Crippen LogP contribution in [0.3, 0.4) is 0 Å². The third-order valence-electron chi connectivity index (χ3n) is 4.20. The molecule has 1 aromatic rings. The summed E-state index contributed by atoms with van der Waals surface area (Å²) in [4.78, 5) is 59.0. The van der Waals surface area contributed by atoms with Crippen molar-refractivity contribution in [3.8, 4) is 5.75 Å². The molecule has 1 heterocycles.